The van der Waals surface area contributed by atoms with Gasteiger partial charge in [0, 0.05) is 19.3 Å². The number of hydrogen-bond acceptors (Lipinski definition) is 4. The van der Waals surface area contributed by atoms with E-state index in [9.17, 15) is 9.18 Å². The predicted octanol–water partition coefficient (Wildman–Crippen LogP) is 4.64. The second-order valence-corrected chi connectivity index (χ2v) is 8.10. The molecule has 0 aromatic heterocycles. The van der Waals surface area contributed by atoms with E-state index >= 15 is 0 Å². The number of aryl methyl sites for hydroxylation is 1. The molecule has 1 atom stereocenters. The number of halogens is 1. The summed E-state index contributed by atoms with van der Waals surface area (Å²) >= 11 is 0. The van der Waals surface area contributed by atoms with Crippen LogP contribution >= 0.6 is 0 Å². The van der Waals surface area contributed by atoms with E-state index in [1.54, 1.807) is 11.0 Å². The average molecular weight is 411 g/mol. The van der Waals surface area contributed by atoms with Gasteiger partial charge >= 0.3 is 0 Å². The number of benzene rings is 1. The van der Waals surface area contributed by atoms with Gasteiger partial charge in [-0.25, -0.2) is 0 Å². The number of carbonyl (C=O) groups excluding carboxylic acids is 1. The van der Waals surface area contributed by atoms with Gasteiger partial charge in [-0.05, 0) is 80.0 Å². The van der Waals surface area contributed by atoms with E-state index in [-0.39, 0.29) is 12.1 Å². The van der Waals surface area contributed by atoms with Crippen molar-refractivity contribution in [3.8, 4) is 0 Å². The van der Waals surface area contributed by atoms with Gasteiger partial charge in [0.15, 0.2) is 5.95 Å². The van der Waals surface area contributed by atoms with Gasteiger partial charge in [0.05, 0.1) is 11.3 Å². The fourth-order valence-electron chi connectivity index (χ4n) is 4.04. The molecule has 1 unspecified atom stereocenters. The molecule has 1 heterocycles. The second-order valence-electron chi connectivity index (χ2n) is 8.10. The lowest BCUT2D eigenvalue weighted by molar-refractivity contribution is 0.0754. The minimum Gasteiger partial charge on any atom is -0.381 e. The highest BCUT2D eigenvalue weighted by atomic mass is 19.1. The van der Waals surface area contributed by atoms with E-state index in [1.165, 1.54) is 18.1 Å². The Bertz CT molecular complexity index is 941. The predicted molar refractivity (Wildman–Crippen MR) is 120 cm³/mol. The molecule has 1 aromatic rings. The van der Waals surface area contributed by atoms with Gasteiger partial charge in [0.1, 0.15) is 6.17 Å². The van der Waals surface area contributed by atoms with Crippen molar-refractivity contribution in [2.75, 3.05) is 12.4 Å². The van der Waals surface area contributed by atoms with Crippen LogP contribution in [-0.4, -0.2) is 24.0 Å². The first-order chi connectivity index (χ1) is 14.3. The third-order valence-corrected chi connectivity index (χ3v) is 5.60. The molecule has 2 aliphatic rings. The molecule has 0 fully saturated rings. The van der Waals surface area contributed by atoms with Crippen molar-refractivity contribution >= 4 is 11.6 Å². The molecule has 1 aromatic carbocycles. The van der Waals surface area contributed by atoms with Crippen LogP contribution in [0.25, 0.3) is 0 Å². The lowest BCUT2D eigenvalue weighted by Gasteiger charge is -2.39. The number of hydrogen-bond donors (Lipinski definition) is 3. The number of anilines is 1. The summed E-state index contributed by atoms with van der Waals surface area (Å²) in [5, 5.41) is 6.91. The normalized spacial score (nSPS) is 19.7. The number of allylic oxidation sites excluding steroid dienone is 4. The summed E-state index contributed by atoms with van der Waals surface area (Å²) in [4.78, 5) is 14.9. The van der Waals surface area contributed by atoms with Gasteiger partial charge in [-0.15, -0.1) is 0 Å². The Morgan fingerprint density at radius 2 is 2.17 bits per heavy atom. The molecular weight excluding hydrogens is 379 g/mol. The number of nitrogens with two attached hydrogens (primary N) is 1. The van der Waals surface area contributed by atoms with Gasteiger partial charge in [0.2, 0.25) is 0 Å². The quantitative estimate of drug-likeness (QED) is 0.363. The van der Waals surface area contributed by atoms with Gasteiger partial charge in [-0.2, -0.15) is 4.39 Å². The molecule has 1 aliphatic carbocycles. The molecule has 6 heteroatoms. The summed E-state index contributed by atoms with van der Waals surface area (Å²) in [5.74, 6) is -0.739. The zero-order chi connectivity index (χ0) is 21.8. The minimum atomic E-state index is -0.762. The van der Waals surface area contributed by atoms with Crippen LogP contribution in [0.5, 0.6) is 0 Å². The summed E-state index contributed by atoms with van der Waals surface area (Å²) < 4.78 is 12.9. The highest BCUT2D eigenvalue weighted by molar-refractivity contribution is 6.02. The Labute approximate surface area is 178 Å². The molecule has 0 saturated heterocycles. The third kappa shape index (κ3) is 4.75. The molecule has 0 saturated carbocycles. The van der Waals surface area contributed by atoms with Crippen LogP contribution in [0.3, 0.4) is 0 Å². The number of rotatable bonds is 6. The molecule has 0 radical (unpaired) electrons. The summed E-state index contributed by atoms with van der Waals surface area (Å²) in [6, 6.07) is 4.00. The first kappa shape index (κ1) is 21.7. The van der Waals surface area contributed by atoms with Crippen molar-refractivity contribution in [2.24, 2.45) is 5.73 Å². The fraction of sp³-hybridized carbons (Fsp3) is 0.375. The monoisotopic (exact) mass is 410 g/mol. The molecule has 160 valence electrons. The van der Waals surface area contributed by atoms with Crippen molar-refractivity contribution in [3.05, 3.63) is 76.4 Å². The van der Waals surface area contributed by atoms with E-state index in [2.05, 4.69) is 29.4 Å². The van der Waals surface area contributed by atoms with Crippen LogP contribution in [0.4, 0.5) is 10.1 Å². The molecule has 1 aliphatic heterocycles. The largest absolute Gasteiger partial charge is 0.381 e. The van der Waals surface area contributed by atoms with Crippen LogP contribution in [0.2, 0.25) is 0 Å². The standard InChI is InChI=1S/C24H31FN4O/c1-15(2)20(10-11-21(25)26)27-14-18-12-16(3)13-19-22(18)28-23(29(4)24(19)30)17-8-6-5-7-9-17/h8,10-13,23,27-28H,1,5-7,9,14,26H2,2-4H3/b20-10+,21-11-. The van der Waals surface area contributed by atoms with E-state index < -0.39 is 5.95 Å². The van der Waals surface area contributed by atoms with Crippen molar-refractivity contribution < 1.29 is 9.18 Å². The van der Waals surface area contributed by atoms with E-state index in [0.717, 1.165) is 41.6 Å². The molecule has 3 rings (SSSR count). The van der Waals surface area contributed by atoms with Crippen molar-refractivity contribution in [3.63, 3.8) is 0 Å². The Hall–Kier alpha value is -3.02. The number of nitrogens with zero attached hydrogens (tertiary/aromatic N) is 1. The van der Waals surface area contributed by atoms with Crippen LogP contribution in [0.1, 0.15) is 54.1 Å². The van der Waals surface area contributed by atoms with Crippen molar-refractivity contribution in [2.45, 2.75) is 52.2 Å². The fourth-order valence-corrected chi connectivity index (χ4v) is 4.04. The Balaban J connectivity index is 1.92. The van der Waals surface area contributed by atoms with Crippen molar-refractivity contribution in [1.82, 2.24) is 10.2 Å². The lowest BCUT2D eigenvalue weighted by Crippen LogP contribution is -2.48. The smallest absolute Gasteiger partial charge is 0.257 e. The molecule has 0 bridgehead atoms. The Morgan fingerprint density at radius 3 is 2.80 bits per heavy atom. The molecule has 1 amide bonds. The highest BCUT2D eigenvalue weighted by Gasteiger charge is 2.33. The van der Waals surface area contributed by atoms with E-state index in [0.29, 0.717) is 17.8 Å². The Kier molecular flexibility index (Phi) is 6.65. The van der Waals surface area contributed by atoms with Gasteiger partial charge in [-0.3, -0.25) is 4.79 Å². The summed E-state index contributed by atoms with van der Waals surface area (Å²) in [5.41, 5.74) is 11.4. The molecular formula is C24H31FN4O. The first-order valence-electron chi connectivity index (χ1n) is 10.4. The number of nitrogens with one attached hydrogen (secondary N) is 2. The summed E-state index contributed by atoms with van der Waals surface area (Å²) in [6.45, 7) is 8.23. The maximum absolute atomic E-state index is 13.1. The molecule has 4 N–H and O–H groups in total. The zero-order valence-corrected chi connectivity index (χ0v) is 18.0. The first-order valence-corrected chi connectivity index (χ1v) is 10.4. The third-order valence-electron chi connectivity index (χ3n) is 5.60. The lowest BCUT2D eigenvalue weighted by atomic mass is 9.93. The maximum atomic E-state index is 13.1. The van der Waals surface area contributed by atoms with Crippen LogP contribution in [0.15, 0.2) is 59.7 Å². The molecule has 30 heavy (non-hydrogen) atoms. The summed E-state index contributed by atoms with van der Waals surface area (Å²) in [6.07, 6.45) is 9.32. The number of likely N-dealkylation sites (N-methyl/N-ethyl adjacent to an activating group) is 1. The molecule has 0 spiro atoms. The van der Waals surface area contributed by atoms with Crippen molar-refractivity contribution in [1.29, 1.82) is 0 Å². The minimum absolute atomic E-state index is 0.0222. The SMILES string of the molecule is C=C(C)/C(=C\C=C(/N)F)NCc1cc(C)cc2c1NC(C1=CCCCC1)N(C)C2=O. The number of fused-ring (bicyclic) bond motifs is 1. The van der Waals surface area contributed by atoms with Crippen LogP contribution in [0, 0.1) is 6.92 Å². The van der Waals surface area contributed by atoms with Gasteiger partial charge < -0.3 is 21.3 Å². The topological polar surface area (TPSA) is 70.4 Å². The van der Waals surface area contributed by atoms with Crippen LogP contribution in [-0.2, 0) is 6.54 Å². The molecule has 5 nitrogen and oxygen atoms in total. The van der Waals surface area contributed by atoms with E-state index in [1.807, 2.05) is 27.0 Å². The van der Waals surface area contributed by atoms with Crippen LogP contribution < -0.4 is 16.4 Å². The summed E-state index contributed by atoms with van der Waals surface area (Å²) in [7, 11) is 1.86. The van der Waals surface area contributed by atoms with Gasteiger partial charge in [0.25, 0.3) is 5.91 Å². The average Bonchev–Trinajstić information content (AvgIpc) is 2.71. The highest BCUT2D eigenvalue weighted by Crippen LogP contribution is 2.34. The second kappa shape index (κ2) is 9.20. The number of amides is 1. The maximum Gasteiger partial charge on any atom is 0.257 e. The Morgan fingerprint density at radius 1 is 1.40 bits per heavy atom. The zero-order valence-electron chi connectivity index (χ0n) is 18.0. The van der Waals surface area contributed by atoms with Gasteiger partial charge in [-0.1, -0.05) is 18.7 Å². The number of carbonyl (C=O) groups is 1. The van der Waals surface area contributed by atoms with E-state index in [4.69, 9.17) is 5.73 Å².